The van der Waals surface area contributed by atoms with E-state index in [4.69, 9.17) is 23.2 Å². The molecule has 0 unspecified atom stereocenters. The van der Waals surface area contributed by atoms with E-state index in [1.54, 1.807) is 0 Å². The van der Waals surface area contributed by atoms with Gasteiger partial charge in [-0.25, -0.2) is 32.8 Å². The Bertz CT molecular complexity index is 986. The van der Waals surface area contributed by atoms with Crippen molar-refractivity contribution in [2.24, 2.45) is 0 Å². The summed E-state index contributed by atoms with van der Waals surface area (Å²) in [7, 11) is 0. The fourth-order valence-corrected chi connectivity index (χ4v) is 3.06. The summed E-state index contributed by atoms with van der Waals surface area (Å²) >= 11 is 11.4. The van der Waals surface area contributed by atoms with Gasteiger partial charge in [-0.2, -0.15) is 0 Å². The number of nitrogens with zero attached hydrogens (tertiary/aromatic N) is 5. The Labute approximate surface area is 161 Å². The van der Waals surface area contributed by atoms with Crippen molar-refractivity contribution in [1.29, 1.82) is 0 Å². The van der Waals surface area contributed by atoms with E-state index >= 15 is 0 Å². The van der Waals surface area contributed by atoms with Crippen LogP contribution in [0.15, 0.2) is 30.9 Å². The average Bonchev–Trinajstić information content (AvgIpc) is 3.01. The predicted octanol–water partition coefficient (Wildman–Crippen LogP) is 3.48. The number of hydrogen-bond acceptors (Lipinski definition) is 5. The Morgan fingerprint density at radius 2 is 1.93 bits per heavy atom. The third kappa shape index (κ3) is 3.76. The van der Waals surface area contributed by atoms with Crippen LogP contribution in [0.5, 0.6) is 0 Å². The normalized spacial score (nSPS) is 14.8. The fourth-order valence-electron chi connectivity index (χ4n) is 2.78. The lowest BCUT2D eigenvalue weighted by atomic mass is 9.79. The van der Waals surface area contributed by atoms with Gasteiger partial charge in [0.25, 0.3) is 0 Å². The topological polar surface area (TPSA) is 76.7 Å². The molecule has 2 aromatic heterocycles. The molecule has 0 spiro atoms. The number of hydrogen-bond donors (Lipinski definition) is 1. The maximum absolute atomic E-state index is 14.5. The SMILES string of the molecule is C[C@H](c1ncnc(Cl)c1F)[C@@](O)(Cn1cnc(Cl)n1)c1ccc(F)cc1F. The van der Waals surface area contributed by atoms with E-state index in [1.807, 2.05) is 0 Å². The Kier molecular flexibility index (Phi) is 5.36. The van der Waals surface area contributed by atoms with Gasteiger partial charge < -0.3 is 5.11 Å². The highest BCUT2D eigenvalue weighted by molar-refractivity contribution is 6.29. The highest BCUT2D eigenvalue weighted by Crippen LogP contribution is 2.40. The van der Waals surface area contributed by atoms with Crippen molar-refractivity contribution in [3.8, 4) is 0 Å². The molecule has 0 radical (unpaired) electrons. The predicted molar refractivity (Wildman–Crippen MR) is 90.7 cm³/mol. The fraction of sp³-hybridized carbons (Fsp3) is 0.250. The maximum Gasteiger partial charge on any atom is 0.242 e. The highest BCUT2D eigenvalue weighted by atomic mass is 35.5. The van der Waals surface area contributed by atoms with Crippen molar-refractivity contribution < 1.29 is 18.3 Å². The Hall–Kier alpha value is -2.23. The number of halogens is 5. The lowest BCUT2D eigenvalue weighted by Gasteiger charge is -2.34. The molecule has 11 heteroatoms. The third-order valence-electron chi connectivity index (χ3n) is 4.21. The zero-order valence-electron chi connectivity index (χ0n) is 13.7. The van der Waals surface area contributed by atoms with Gasteiger partial charge in [0.1, 0.15) is 29.9 Å². The molecule has 0 aliphatic rings. The molecule has 3 rings (SSSR count). The van der Waals surface area contributed by atoms with Crippen molar-refractivity contribution in [1.82, 2.24) is 24.7 Å². The lowest BCUT2D eigenvalue weighted by molar-refractivity contribution is -0.0133. The third-order valence-corrected chi connectivity index (χ3v) is 4.65. The molecule has 0 saturated carbocycles. The summed E-state index contributed by atoms with van der Waals surface area (Å²) in [6.45, 7) is 1.06. The molecule has 3 aromatic rings. The molecule has 0 fully saturated rings. The summed E-state index contributed by atoms with van der Waals surface area (Å²) in [5, 5.41) is 14.7. The second-order valence-corrected chi connectivity index (χ2v) is 6.54. The molecular weight excluding hydrogens is 406 g/mol. The molecule has 0 saturated heterocycles. The molecule has 0 bridgehead atoms. The van der Waals surface area contributed by atoms with Gasteiger partial charge in [-0.05, 0) is 17.7 Å². The Morgan fingerprint density at radius 1 is 1.19 bits per heavy atom. The Morgan fingerprint density at radius 3 is 2.56 bits per heavy atom. The van der Waals surface area contributed by atoms with Crippen LogP contribution in [-0.2, 0) is 12.1 Å². The molecule has 1 N–H and O–H groups in total. The molecule has 0 aliphatic heterocycles. The molecule has 0 amide bonds. The summed E-state index contributed by atoms with van der Waals surface area (Å²) in [6, 6.07) is 2.67. The lowest BCUT2D eigenvalue weighted by Crippen LogP contribution is -2.39. The minimum atomic E-state index is -2.09. The Balaban J connectivity index is 2.15. The van der Waals surface area contributed by atoms with Crippen molar-refractivity contribution in [2.75, 3.05) is 0 Å². The van der Waals surface area contributed by atoms with Crippen molar-refractivity contribution in [3.63, 3.8) is 0 Å². The highest BCUT2D eigenvalue weighted by Gasteiger charge is 2.42. The van der Waals surface area contributed by atoms with Gasteiger partial charge in [0.2, 0.25) is 5.28 Å². The molecule has 2 atom stereocenters. The van der Waals surface area contributed by atoms with Crippen molar-refractivity contribution in [3.05, 3.63) is 70.0 Å². The van der Waals surface area contributed by atoms with Crippen LogP contribution in [0.2, 0.25) is 10.4 Å². The van der Waals surface area contributed by atoms with Gasteiger partial charge in [-0.3, -0.25) is 0 Å². The van der Waals surface area contributed by atoms with Crippen LogP contribution in [0, 0.1) is 17.5 Å². The van der Waals surface area contributed by atoms with Crippen LogP contribution in [0.3, 0.4) is 0 Å². The van der Waals surface area contributed by atoms with Crippen LogP contribution >= 0.6 is 23.2 Å². The van der Waals surface area contributed by atoms with Crippen LogP contribution < -0.4 is 0 Å². The van der Waals surface area contributed by atoms with Gasteiger partial charge in [0.15, 0.2) is 11.0 Å². The van der Waals surface area contributed by atoms with E-state index < -0.39 is 34.1 Å². The van der Waals surface area contributed by atoms with Crippen LogP contribution in [0.4, 0.5) is 13.2 Å². The first-order chi connectivity index (χ1) is 12.7. The first-order valence-corrected chi connectivity index (χ1v) is 8.36. The van der Waals surface area contributed by atoms with Gasteiger partial charge in [-0.1, -0.05) is 24.6 Å². The van der Waals surface area contributed by atoms with Gasteiger partial charge in [-0.15, -0.1) is 5.10 Å². The van der Waals surface area contributed by atoms with Crippen LogP contribution in [0.25, 0.3) is 0 Å². The number of aromatic nitrogens is 5. The summed E-state index contributed by atoms with van der Waals surface area (Å²) in [5.74, 6) is -3.92. The molecular formula is C16H12Cl2F3N5O. The monoisotopic (exact) mass is 417 g/mol. The largest absolute Gasteiger partial charge is 0.382 e. The molecule has 0 aliphatic carbocycles. The number of rotatable bonds is 5. The molecule has 6 nitrogen and oxygen atoms in total. The summed E-state index contributed by atoms with van der Waals surface area (Å²) in [4.78, 5) is 11.1. The van der Waals surface area contributed by atoms with E-state index in [0.717, 1.165) is 23.1 Å². The maximum atomic E-state index is 14.5. The summed E-state index contributed by atoms with van der Waals surface area (Å²) < 4.78 is 43.4. The van der Waals surface area contributed by atoms with Gasteiger partial charge in [0.05, 0.1) is 12.2 Å². The van der Waals surface area contributed by atoms with Crippen molar-refractivity contribution in [2.45, 2.75) is 25.0 Å². The minimum Gasteiger partial charge on any atom is -0.382 e. The molecule has 27 heavy (non-hydrogen) atoms. The zero-order chi connectivity index (χ0) is 19.8. The second kappa shape index (κ2) is 7.41. The summed E-state index contributed by atoms with van der Waals surface area (Å²) in [6.07, 6.45) is 2.23. The number of benzene rings is 1. The van der Waals surface area contributed by atoms with Crippen LogP contribution in [-0.4, -0.2) is 29.8 Å². The second-order valence-electron chi connectivity index (χ2n) is 5.84. The summed E-state index contributed by atoms with van der Waals surface area (Å²) in [5.41, 5.74) is -2.61. The van der Waals surface area contributed by atoms with E-state index in [0.29, 0.717) is 6.07 Å². The smallest absolute Gasteiger partial charge is 0.242 e. The van der Waals surface area contributed by atoms with E-state index in [-0.39, 0.29) is 23.1 Å². The van der Waals surface area contributed by atoms with Gasteiger partial charge in [0, 0.05) is 17.5 Å². The minimum absolute atomic E-state index is 0.0964. The van der Waals surface area contributed by atoms with Crippen LogP contribution in [0.1, 0.15) is 24.1 Å². The van der Waals surface area contributed by atoms with E-state index in [9.17, 15) is 18.3 Å². The van der Waals surface area contributed by atoms with E-state index in [2.05, 4.69) is 20.1 Å². The van der Waals surface area contributed by atoms with E-state index in [1.165, 1.54) is 13.3 Å². The quantitative estimate of drug-likeness (QED) is 0.643. The number of aliphatic hydroxyl groups is 1. The average molecular weight is 418 g/mol. The first-order valence-electron chi connectivity index (χ1n) is 7.61. The molecule has 142 valence electrons. The van der Waals surface area contributed by atoms with Crippen molar-refractivity contribution >= 4 is 23.2 Å². The first kappa shape index (κ1) is 19.5. The molecule has 1 aromatic carbocycles. The molecule has 2 heterocycles. The van der Waals surface area contributed by atoms with Gasteiger partial charge >= 0.3 is 0 Å². The zero-order valence-corrected chi connectivity index (χ0v) is 15.3. The standard InChI is InChI=1S/C16H12Cl2F3N5O/c1-8(13-12(21)14(17)23-6-22-13)16(27,5-26-7-24-15(18)25-26)10-3-2-9(19)4-11(10)20/h2-4,6-8,27H,5H2,1H3/t8-,16+/m1/s1.